The molecule has 1 atom stereocenters. The number of aromatic nitrogens is 2. The Kier molecular flexibility index (Phi) is 6.28. The van der Waals surface area contributed by atoms with Crippen LogP contribution in [0.15, 0.2) is 36.5 Å². The molecule has 0 saturated carbocycles. The summed E-state index contributed by atoms with van der Waals surface area (Å²) in [6.45, 7) is 4.66. The van der Waals surface area contributed by atoms with E-state index in [0.29, 0.717) is 6.54 Å². The molecular weight excluding hydrogens is 326 g/mol. The SMILES string of the molecule is Cc1nn(C)cc1NC(=O)NC[C@H](c1ccccc1)N1CCCCCC1. The molecule has 6 heteroatoms. The van der Waals surface area contributed by atoms with Crippen LogP contribution in [-0.2, 0) is 7.05 Å². The zero-order chi connectivity index (χ0) is 18.4. The molecule has 1 aromatic carbocycles. The van der Waals surface area contributed by atoms with Crippen molar-refractivity contribution in [3.8, 4) is 0 Å². The van der Waals surface area contributed by atoms with Crippen LogP contribution in [0.25, 0.3) is 0 Å². The molecule has 1 fully saturated rings. The second-order valence-electron chi connectivity index (χ2n) is 7.01. The van der Waals surface area contributed by atoms with Crippen LogP contribution in [0.2, 0.25) is 0 Å². The van der Waals surface area contributed by atoms with Crippen molar-refractivity contribution in [2.24, 2.45) is 7.05 Å². The van der Waals surface area contributed by atoms with Crippen LogP contribution in [0, 0.1) is 6.92 Å². The van der Waals surface area contributed by atoms with Crippen LogP contribution in [-0.4, -0.2) is 40.3 Å². The highest BCUT2D eigenvalue weighted by Gasteiger charge is 2.22. The van der Waals surface area contributed by atoms with Crippen LogP contribution < -0.4 is 10.6 Å². The van der Waals surface area contributed by atoms with Crippen molar-refractivity contribution < 1.29 is 4.79 Å². The van der Waals surface area contributed by atoms with E-state index in [4.69, 9.17) is 0 Å². The van der Waals surface area contributed by atoms with E-state index in [2.05, 4.69) is 44.9 Å². The molecule has 26 heavy (non-hydrogen) atoms. The number of nitrogens with zero attached hydrogens (tertiary/aromatic N) is 3. The fourth-order valence-corrected chi connectivity index (χ4v) is 3.62. The summed E-state index contributed by atoms with van der Waals surface area (Å²) in [6, 6.07) is 10.5. The highest BCUT2D eigenvalue weighted by atomic mass is 16.2. The molecule has 1 aliphatic heterocycles. The van der Waals surface area contributed by atoms with Gasteiger partial charge in [-0.3, -0.25) is 9.58 Å². The van der Waals surface area contributed by atoms with Gasteiger partial charge in [0.15, 0.2) is 0 Å². The molecular formula is C20H29N5O. The van der Waals surface area contributed by atoms with Crippen LogP contribution in [0.4, 0.5) is 10.5 Å². The number of anilines is 1. The molecule has 1 aliphatic rings. The molecule has 2 heterocycles. The number of hydrogen-bond acceptors (Lipinski definition) is 3. The van der Waals surface area contributed by atoms with E-state index in [-0.39, 0.29) is 12.1 Å². The van der Waals surface area contributed by atoms with Crippen molar-refractivity contribution in [2.75, 3.05) is 25.0 Å². The highest BCUT2D eigenvalue weighted by Crippen LogP contribution is 2.23. The summed E-state index contributed by atoms with van der Waals surface area (Å²) in [5.41, 5.74) is 2.82. The first kappa shape index (κ1) is 18.5. The topological polar surface area (TPSA) is 62.2 Å². The number of amides is 2. The first-order chi connectivity index (χ1) is 12.6. The summed E-state index contributed by atoms with van der Waals surface area (Å²) in [4.78, 5) is 14.9. The van der Waals surface area contributed by atoms with Gasteiger partial charge in [0.1, 0.15) is 0 Å². The standard InChI is InChI=1S/C20H29N5O/c1-16-18(15-24(2)23-16)22-20(26)21-14-19(17-10-6-5-7-11-17)25-12-8-3-4-9-13-25/h5-7,10-11,15,19H,3-4,8-9,12-14H2,1-2H3,(H2,21,22,26)/t19-/m1/s1. The van der Waals surface area contributed by atoms with Crippen molar-refractivity contribution in [3.63, 3.8) is 0 Å². The van der Waals surface area contributed by atoms with Crippen LogP contribution in [0.5, 0.6) is 0 Å². The molecule has 2 amide bonds. The van der Waals surface area contributed by atoms with Crippen molar-refractivity contribution in [2.45, 2.75) is 38.6 Å². The van der Waals surface area contributed by atoms with Gasteiger partial charge in [-0.05, 0) is 38.4 Å². The maximum atomic E-state index is 12.4. The number of nitrogens with one attached hydrogen (secondary N) is 2. The minimum absolute atomic E-state index is 0.183. The fourth-order valence-electron chi connectivity index (χ4n) is 3.62. The zero-order valence-electron chi connectivity index (χ0n) is 15.7. The summed E-state index contributed by atoms with van der Waals surface area (Å²) < 4.78 is 1.70. The Morgan fingerprint density at radius 3 is 2.46 bits per heavy atom. The zero-order valence-corrected chi connectivity index (χ0v) is 15.7. The lowest BCUT2D eigenvalue weighted by molar-refractivity contribution is 0.198. The minimum Gasteiger partial charge on any atom is -0.336 e. The molecule has 6 nitrogen and oxygen atoms in total. The number of carbonyl (C=O) groups is 1. The lowest BCUT2D eigenvalue weighted by atomic mass is 10.0. The molecule has 0 unspecified atom stereocenters. The van der Waals surface area contributed by atoms with Crippen LogP contribution in [0.1, 0.15) is 43.0 Å². The van der Waals surface area contributed by atoms with Crippen molar-refractivity contribution in [3.05, 3.63) is 47.8 Å². The van der Waals surface area contributed by atoms with Gasteiger partial charge in [0, 0.05) is 19.8 Å². The third-order valence-electron chi connectivity index (χ3n) is 4.98. The van der Waals surface area contributed by atoms with Crippen molar-refractivity contribution >= 4 is 11.7 Å². The van der Waals surface area contributed by atoms with E-state index in [1.54, 1.807) is 4.68 Å². The Hall–Kier alpha value is -2.34. The second-order valence-corrected chi connectivity index (χ2v) is 7.01. The first-order valence-corrected chi connectivity index (χ1v) is 9.47. The molecule has 0 radical (unpaired) electrons. The third kappa shape index (κ3) is 4.85. The smallest absolute Gasteiger partial charge is 0.319 e. The number of aryl methyl sites for hydroxylation is 2. The quantitative estimate of drug-likeness (QED) is 0.863. The summed E-state index contributed by atoms with van der Waals surface area (Å²) in [7, 11) is 1.85. The first-order valence-electron chi connectivity index (χ1n) is 9.47. The Bertz CT molecular complexity index is 704. The van der Waals surface area contributed by atoms with Crippen molar-refractivity contribution in [1.29, 1.82) is 0 Å². The Balaban J connectivity index is 1.65. The molecule has 140 valence electrons. The summed E-state index contributed by atoms with van der Waals surface area (Å²) >= 11 is 0. The summed E-state index contributed by atoms with van der Waals surface area (Å²) in [5.74, 6) is 0. The van der Waals surface area contributed by atoms with E-state index in [1.165, 1.54) is 31.2 Å². The van der Waals surface area contributed by atoms with Gasteiger partial charge in [0.25, 0.3) is 0 Å². The van der Waals surface area contributed by atoms with Gasteiger partial charge >= 0.3 is 6.03 Å². The predicted octanol–water partition coefficient (Wildman–Crippen LogP) is 3.47. The van der Waals surface area contributed by atoms with E-state index < -0.39 is 0 Å². The number of benzene rings is 1. The number of likely N-dealkylation sites (tertiary alicyclic amines) is 1. The largest absolute Gasteiger partial charge is 0.336 e. The third-order valence-corrected chi connectivity index (χ3v) is 4.98. The van der Waals surface area contributed by atoms with Gasteiger partial charge in [-0.25, -0.2) is 4.79 Å². The van der Waals surface area contributed by atoms with Gasteiger partial charge in [-0.2, -0.15) is 5.10 Å². The van der Waals surface area contributed by atoms with Gasteiger partial charge in [0.05, 0.1) is 17.4 Å². The number of urea groups is 1. The Morgan fingerprint density at radius 2 is 1.85 bits per heavy atom. The Labute approximate surface area is 155 Å². The molecule has 2 aromatic rings. The monoisotopic (exact) mass is 355 g/mol. The number of hydrogen-bond donors (Lipinski definition) is 2. The molecule has 0 spiro atoms. The number of rotatable bonds is 5. The van der Waals surface area contributed by atoms with E-state index in [9.17, 15) is 4.79 Å². The van der Waals surface area contributed by atoms with E-state index in [0.717, 1.165) is 24.5 Å². The predicted molar refractivity (Wildman–Crippen MR) is 104 cm³/mol. The molecule has 1 aromatic heterocycles. The fraction of sp³-hybridized carbons (Fsp3) is 0.500. The molecule has 2 N–H and O–H groups in total. The maximum absolute atomic E-state index is 12.4. The maximum Gasteiger partial charge on any atom is 0.319 e. The normalized spacial score (nSPS) is 16.7. The van der Waals surface area contributed by atoms with Crippen molar-refractivity contribution in [1.82, 2.24) is 20.0 Å². The van der Waals surface area contributed by atoms with E-state index in [1.807, 2.05) is 26.2 Å². The molecule has 0 aliphatic carbocycles. The van der Waals surface area contributed by atoms with Crippen LogP contribution >= 0.6 is 0 Å². The second kappa shape index (κ2) is 8.85. The summed E-state index contributed by atoms with van der Waals surface area (Å²) in [5, 5.41) is 10.2. The van der Waals surface area contributed by atoms with Gasteiger partial charge in [0.2, 0.25) is 0 Å². The molecule has 1 saturated heterocycles. The van der Waals surface area contributed by atoms with Crippen LogP contribution in [0.3, 0.4) is 0 Å². The lowest BCUT2D eigenvalue weighted by Gasteiger charge is -2.31. The highest BCUT2D eigenvalue weighted by molar-refractivity contribution is 5.89. The Morgan fingerprint density at radius 1 is 1.15 bits per heavy atom. The van der Waals surface area contributed by atoms with E-state index >= 15 is 0 Å². The van der Waals surface area contributed by atoms with Gasteiger partial charge in [-0.1, -0.05) is 43.2 Å². The van der Waals surface area contributed by atoms with Gasteiger partial charge in [-0.15, -0.1) is 0 Å². The number of carbonyl (C=O) groups excluding carboxylic acids is 1. The molecule has 3 rings (SSSR count). The average Bonchev–Trinajstić information content (AvgIpc) is 2.82. The molecule has 0 bridgehead atoms. The minimum atomic E-state index is -0.183. The summed E-state index contributed by atoms with van der Waals surface area (Å²) in [6.07, 6.45) is 6.87. The van der Waals surface area contributed by atoms with Gasteiger partial charge < -0.3 is 10.6 Å². The lowest BCUT2D eigenvalue weighted by Crippen LogP contribution is -2.40. The average molecular weight is 355 g/mol.